The average molecular weight is 265 g/mol. The molecule has 0 N–H and O–H groups in total. The van der Waals surface area contributed by atoms with Crippen molar-refractivity contribution >= 4 is 11.8 Å². The summed E-state index contributed by atoms with van der Waals surface area (Å²) in [5, 5.41) is 0. The summed E-state index contributed by atoms with van der Waals surface area (Å²) < 4.78 is 41.2. The second-order valence-electron chi connectivity index (χ2n) is 3.43. The fourth-order valence-corrected chi connectivity index (χ4v) is 0.909. The molecule has 0 saturated heterocycles. The molecular weight excluding hydrogens is 251 g/mol. The monoisotopic (exact) mass is 265 g/mol. The molecule has 0 spiro atoms. The van der Waals surface area contributed by atoms with Crippen molar-refractivity contribution < 1.29 is 27.5 Å². The standard InChI is InChI=1S/C11H14F3NO3/c1-4-18-10(17)8(6-5-7-15(2)3)9(16)11(12,13)14/h5-7H,4H2,1-3H3/b7-5-,8-6-. The van der Waals surface area contributed by atoms with Crippen molar-refractivity contribution in [3.8, 4) is 0 Å². The number of alkyl halides is 3. The maximum absolute atomic E-state index is 12.3. The highest BCUT2D eigenvalue weighted by Crippen LogP contribution is 2.21. The summed E-state index contributed by atoms with van der Waals surface area (Å²) in [4.78, 5) is 23.8. The van der Waals surface area contributed by atoms with Crippen molar-refractivity contribution in [2.45, 2.75) is 13.1 Å². The van der Waals surface area contributed by atoms with Gasteiger partial charge in [0.25, 0.3) is 5.78 Å². The zero-order chi connectivity index (χ0) is 14.3. The van der Waals surface area contributed by atoms with Crippen molar-refractivity contribution in [1.82, 2.24) is 4.90 Å². The summed E-state index contributed by atoms with van der Waals surface area (Å²) in [7, 11) is 3.28. The summed E-state index contributed by atoms with van der Waals surface area (Å²) >= 11 is 0. The minimum Gasteiger partial charge on any atom is -0.462 e. The number of nitrogens with zero attached hydrogens (tertiary/aromatic N) is 1. The Morgan fingerprint density at radius 1 is 1.28 bits per heavy atom. The second-order valence-corrected chi connectivity index (χ2v) is 3.43. The second kappa shape index (κ2) is 6.83. The summed E-state index contributed by atoms with van der Waals surface area (Å²) in [5.41, 5.74) is -1.04. The maximum atomic E-state index is 12.3. The smallest absolute Gasteiger partial charge is 0.455 e. The number of ether oxygens (including phenoxy) is 1. The summed E-state index contributed by atoms with van der Waals surface area (Å²) in [6.45, 7) is 1.32. The van der Waals surface area contributed by atoms with E-state index in [9.17, 15) is 22.8 Å². The van der Waals surface area contributed by atoms with Crippen LogP contribution in [0.3, 0.4) is 0 Å². The molecule has 0 rings (SSSR count). The molecule has 0 bridgehead atoms. The van der Waals surface area contributed by atoms with Crippen molar-refractivity contribution in [2.24, 2.45) is 0 Å². The average Bonchev–Trinajstić information content (AvgIpc) is 2.22. The first-order valence-electron chi connectivity index (χ1n) is 5.03. The third kappa shape index (κ3) is 5.51. The number of carbonyl (C=O) groups is 2. The van der Waals surface area contributed by atoms with Gasteiger partial charge in [-0.2, -0.15) is 13.2 Å². The van der Waals surface area contributed by atoms with Crippen molar-refractivity contribution in [1.29, 1.82) is 0 Å². The molecule has 0 aliphatic carbocycles. The predicted octanol–water partition coefficient (Wildman–Crippen LogP) is 1.68. The van der Waals surface area contributed by atoms with E-state index in [1.54, 1.807) is 14.1 Å². The number of hydrogen-bond donors (Lipinski definition) is 0. The van der Waals surface area contributed by atoms with Crippen LogP contribution in [-0.4, -0.2) is 43.5 Å². The van der Waals surface area contributed by atoms with Gasteiger partial charge in [-0.15, -0.1) is 0 Å². The normalized spacial score (nSPS) is 12.7. The molecule has 4 nitrogen and oxygen atoms in total. The number of halogens is 3. The number of esters is 1. The molecule has 0 heterocycles. The van der Waals surface area contributed by atoms with E-state index in [0.29, 0.717) is 0 Å². The Balaban J connectivity index is 5.19. The summed E-state index contributed by atoms with van der Waals surface area (Å²) in [5.74, 6) is -3.51. The van der Waals surface area contributed by atoms with Crippen molar-refractivity contribution in [2.75, 3.05) is 20.7 Å². The predicted molar refractivity (Wildman–Crippen MR) is 58.6 cm³/mol. The Morgan fingerprint density at radius 3 is 2.22 bits per heavy atom. The highest BCUT2D eigenvalue weighted by atomic mass is 19.4. The van der Waals surface area contributed by atoms with E-state index in [4.69, 9.17) is 0 Å². The molecule has 0 aromatic carbocycles. The molecule has 0 saturated carbocycles. The topological polar surface area (TPSA) is 46.6 Å². The Morgan fingerprint density at radius 2 is 1.83 bits per heavy atom. The number of hydrogen-bond acceptors (Lipinski definition) is 4. The van der Waals surface area contributed by atoms with Crippen LogP contribution >= 0.6 is 0 Å². The lowest BCUT2D eigenvalue weighted by atomic mass is 10.1. The van der Waals surface area contributed by atoms with Crippen LogP contribution in [0.4, 0.5) is 13.2 Å². The largest absolute Gasteiger partial charge is 0.462 e. The van der Waals surface area contributed by atoms with E-state index in [-0.39, 0.29) is 6.61 Å². The Bertz CT molecular complexity index is 370. The van der Waals surface area contributed by atoms with Crippen LogP contribution < -0.4 is 0 Å². The maximum Gasteiger partial charge on any atom is 0.455 e. The molecule has 0 aromatic rings. The van der Waals surface area contributed by atoms with E-state index in [1.807, 2.05) is 0 Å². The number of ketones is 1. The molecule has 0 aliphatic heterocycles. The van der Waals surface area contributed by atoms with Gasteiger partial charge in [-0.25, -0.2) is 4.79 Å². The van der Waals surface area contributed by atoms with Crippen LogP contribution in [0.25, 0.3) is 0 Å². The molecular formula is C11H14F3NO3. The highest BCUT2D eigenvalue weighted by molar-refractivity contribution is 6.19. The van der Waals surface area contributed by atoms with Crippen molar-refractivity contribution in [3.63, 3.8) is 0 Å². The molecule has 0 atom stereocenters. The first kappa shape index (κ1) is 16.2. The molecule has 0 unspecified atom stereocenters. The fraction of sp³-hybridized carbons (Fsp3) is 0.455. The lowest BCUT2D eigenvalue weighted by Gasteiger charge is -2.08. The lowest BCUT2D eigenvalue weighted by molar-refractivity contribution is -0.168. The van der Waals surface area contributed by atoms with E-state index in [1.165, 1.54) is 18.0 Å². The van der Waals surface area contributed by atoms with Gasteiger partial charge in [-0.05, 0) is 25.3 Å². The van der Waals surface area contributed by atoms with Gasteiger partial charge in [0.15, 0.2) is 0 Å². The van der Waals surface area contributed by atoms with Gasteiger partial charge < -0.3 is 9.64 Å². The molecule has 0 radical (unpaired) electrons. The third-order valence-corrected chi connectivity index (χ3v) is 1.64. The highest BCUT2D eigenvalue weighted by Gasteiger charge is 2.43. The quantitative estimate of drug-likeness (QED) is 0.249. The molecule has 0 fully saturated rings. The van der Waals surface area contributed by atoms with E-state index in [2.05, 4.69) is 4.74 Å². The minimum atomic E-state index is -5.11. The van der Waals surface area contributed by atoms with Gasteiger partial charge in [0.1, 0.15) is 5.57 Å². The van der Waals surface area contributed by atoms with E-state index < -0.39 is 23.5 Å². The van der Waals surface area contributed by atoms with Crippen LogP contribution in [0.2, 0.25) is 0 Å². The van der Waals surface area contributed by atoms with E-state index in [0.717, 1.165) is 12.2 Å². The molecule has 0 aromatic heterocycles. The first-order valence-corrected chi connectivity index (χ1v) is 5.03. The van der Waals surface area contributed by atoms with Crippen LogP contribution in [0.15, 0.2) is 23.9 Å². The zero-order valence-corrected chi connectivity index (χ0v) is 10.2. The van der Waals surface area contributed by atoms with Crippen LogP contribution in [0, 0.1) is 0 Å². The van der Waals surface area contributed by atoms with Gasteiger partial charge in [0.2, 0.25) is 0 Å². The SMILES string of the molecule is CCOC(=O)/C(=C\C=C/N(C)C)C(=O)C(F)(F)F. The number of Topliss-reactive ketones (excluding diaryl/α,β-unsaturated/α-hetero) is 1. The Kier molecular flexibility index (Phi) is 6.15. The Hall–Kier alpha value is -1.79. The molecule has 0 aliphatic rings. The zero-order valence-electron chi connectivity index (χ0n) is 10.2. The molecule has 102 valence electrons. The minimum absolute atomic E-state index is 0.112. The number of rotatable bonds is 5. The lowest BCUT2D eigenvalue weighted by Crippen LogP contribution is -2.29. The van der Waals surface area contributed by atoms with E-state index >= 15 is 0 Å². The first-order chi connectivity index (χ1) is 8.20. The summed E-state index contributed by atoms with van der Waals surface area (Å²) in [6.07, 6.45) is -1.77. The van der Waals surface area contributed by atoms with Gasteiger partial charge in [-0.3, -0.25) is 4.79 Å². The van der Waals surface area contributed by atoms with Crippen LogP contribution in [-0.2, 0) is 14.3 Å². The van der Waals surface area contributed by atoms with Gasteiger partial charge in [0, 0.05) is 14.1 Å². The Labute approximate surface area is 103 Å². The summed E-state index contributed by atoms with van der Waals surface area (Å²) in [6, 6.07) is 0. The van der Waals surface area contributed by atoms with Gasteiger partial charge >= 0.3 is 12.1 Å². The molecule has 18 heavy (non-hydrogen) atoms. The van der Waals surface area contributed by atoms with Crippen molar-refractivity contribution in [3.05, 3.63) is 23.9 Å². The third-order valence-electron chi connectivity index (χ3n) is 1.64. The fourth-order valence-electron chi connectivity index (χ4n) is 0.909. The number of carbonyl (C=O) groups excluding carboxylic acids is 2. The van der Waals surface area contributed by atoms with Crippen LogP contribution in [0.5, 0.6) is 0 Å². The van der Waals surface area contributed by atoms with Gasteiger partial charge in [0.05, 0.1) is 6.61 Å². The number of allylic oxidation sites excluding steroid dienone is 2. The molecule has 0 amide bonds. The van der Waals surface area contributed by atoms with Crippen LogP contribution in [0.1, 0.15) is 6.92 Å². The molecule has 7 heteroatoms. The van der Waals surface area contributed by atoms with Gasteiger partial charge in [-0.1, -0.05) is 0 Å².